The molecule has 1 N–H and O–H groups in total. The minimum atomic E-state index is 0.678. The normalized spacial score (nSPS) is 31.0. The monoisotopic (exact) mass is 140 g/mol. The standard InChI is InChI=1S/C8H16N2/c1-3-10(6-9)8-4-7(2)5-8/h6-9H,3-5H2,1-2H3. The van der Waals surface area contributed by atoms with E-state index in [1.165, 1.54) is 19.2 Å². The molecular weight excluding hydrogens is 124 g/mol. The largest absolute Gasteiger partial charge is 0.360 e. The molecule has 0 radical (unpaired) electrons. The Morgan fingerprint density at radius 3 is 2.50 bits per heavy atom. The molecule has 1 aliphatic carbocycles. The summed E-state index contributed by atoms with van der Waals surface area (Å²) in [5, 5.41) is 7.09. The lowest BCUT2D eigenvalue weighted by Crippen LogP contribution is -2.42. The SMILES string of the molecule is CCN(C=N)C1CC(C)C1. The summed E-state index contributed by atoms with van der Waals surface area (Å²) in [4.78, 5) is 2.11. The predicted molar refractivity (Wildman–Crippen MR) is 43.3 cm³/mol. The fourth-order valence-electron chi connectivity index (χ4n) is 1.59. The first-order valence-corrected chi connectivity index (χ1v) is 4.04. The van der Waals surface area contributed by atoms with Crippen LogP contribution < -0.4 is 0 Å². The van der Waals surface area contributed by atoms with Crippen LogP contribution in [0.15, 0.2) is 0 Å². The summed E-state index contributed by atoms with van der Waals surface area (Å²) >= 11 is 0. The molecule has 0 heterocycles. The lowest BCUT2D eigenvalue weighted by Gasteiger charge is -2.39. The van der Waals surface area contributed by atoms with Gasteiger partial charge in [0.2, 0.25) is 0 Å². The highest BCUT2D eigenvalue weighted by atomic mass is 15.2. The second-order valence-electron chi connectivity index (χ2n) is 3.19. The predicted octanol–water partition coefficient (Wildman–Crippen LogP) is 1.71. The topological polar surface area (TPSA) is 27.1 Å². The van der Waals surface area contributed by atoms with E-state index in [0.717, 1.165) is 12.5 Å². The molecule has 0 bridgehead atoms. The van der Waals surface area contributed by atoms with E-state index in [1.807, 2.05) is 0 Å². The van der Waals surface area contributed by atoms with E-state index >= 15 is 0 Å². The molecule has 10 heavy (non-hydrogen) atoms. The molecule has 2 heteroatoms. The van der Waals surface area contributed by atoms with E-state index in [-0.39, 0.29) is 0 Å². The number of nitrogens with one attached hydrogen (secondary N) is 1. The van der Waals surface area contributed by atoms with Gasteiger partial charge in [0.1, 0.15) is 0 Å². The molecule has 0 saturated heterocycles. The average Bonchev–Trinajstić information content (AvgIpc) is 1.87. The van der Waals surface area contributed by atoms with Crippen molar-refractivity contribution in [3.63, 3.8) is 0 Å². The second-order valence-corrected chi connectivity index (χ2v) is 3.19. The van der Waals surface area contributed by atoms with Gasteiger partial charge in [-0.1, -0.05) is 6.92 Å². The van der Waals surface area contributed by atoms with Gasteiger partial charge in [-0.05, 0) is 25.7 Å². The summed E-state index contributed by atoms with van der Waals surface area (Å²) in [6, 6.07) is 0.678. The Bertz CT molecular complexity index is 116. The Morgan fingerprint density at radius 1 is 1.60 bits per heavy atom. The van der Waals surface area contributed by atoms with Gasteiger partial charge >= 0.3 is 0 Å². The molecule has 1 rings (SSSR count). The van der Waals surface area contributed by atoms with Crippen molar-refractivity contribution in [2.45, 2.75) is 32.7 Å². The van der Waals surface area contributed by atoms with E-state index < -0.39 is 0 Å². The second kappa shape index (κ2) is 3.04. The van der Waals surface area contributed by atoms with E-state index in [9.17, 15) is 0 Å². The molecule has 1 aliphatic rings. The van der Waals surface area contributed by atoms with Crippen LogP contribution in [0.3, 0.4) is 0 Å². The van der Waals surface area contributed by atoms with Crippen molar-refractivity contribution in [3.8, 4) is 0 Å². The van der Waals surface area contributed by atoms with Gasteiger partial charge < -0.3 is 4.90 Å². The van der Waals surface area contributed by atoms with Gasteiger partial charge in [-0.2, -0.15) is 0 Å². The van der Waals surface area contributed by atoms with Crippen LogP contribution in [-0.4, -0.2) is 23.8 Å². The van der Waals surface area contributed by atoms with Gasteiger partial charge in [0.25, 0.3) is 0 Å². The molecular formula is C8H16N2. The Balaban J connectivity index is 2.27. The zero-order chi connectivity index (χ0) is 7.56. The molecule has 0 aliphatic heterocycles. The quantitative estimate of drug-likeness (QED) is 0.469. The minimum Gasteiger partial charge on any atom is -0.360 e. The van der Waals surface area contributed by atoms with Gasteiger partial charge in [-0.15, -0.1) is 0 Å². The first-order valence-electron chi connectivity index (χ1n) is 4.04. The molecule has 0 unspecified atom stereocenters. The maximum absolute atomic E-state index is 7.09. The minimum absolute atomic E-state index is 0.678. The van der Waals surface area contributed by atoms with Gasteiger partial charge in [-0.25, -0.2) is 0 Å². The highest BCUT2D eigenvalue weighted by molar-refractivity contribution is 5.51. The van der Waals surface area contributed by atoms with Crippen LogP contribution in [0, 0.1) is 11.3 Å². The third kappa shape index (κ3) is 1.31. The first-order chi connectivity index (χ1) is 4.77. The third-order valence-electron chi connectivity index (χ3n) is 2.35. The molecule has 0 aromatic rings. The van der Waals surface area contributed by atoms with Crippen LogP contribution in [0.1, 0.15) is 26.7 Å². The fraction of sp³-hybridized carbons (Fsp3) is 0.875. The number of hydrogen-bond donors (Lipinski definition) is 1. The molecule has 0 aromatic carbocycles. The van der Waals surface area contributed by atoms with Crippen LogP contribution in [0.5, 0.6) is 0 Å². The lowest BCUT2D eigenvalue weighted by molar-refractivity contribution is 0.157. The molecule has 2 nitrogen and oxygen atoms in total. The Hall–Kier alpha value is -0.530. The summed E-state index contributed by atoms with van der Waals surface area (Å²) in [5.41, 5.74) is 0. The number of rotatable bonds is 3. The van der Waals surface area contributed by atoms with Gasteiger partial charge in [0.05, 0.1) is 6.34 Å². The van der Waals surface area contributed by atoms with Gasteiger partial charge in [-0.3, -0.25) is 5.41 Å². The summed E-state index contributed by atoms with van der Waals surface area (Å²) < 4.78 is 0. The molecule has 0 aromatic heterocycles. The van der Waals surface area contributed by atoms with E-state index in [1.54, 1.807) is 0 Å². The van der Waals surface area contributed by atoms with Gasteiger partial charge in [0.15, 0.2) is 0 Å². The highest BCUT2D eigenvalue weighted by Gasteiger charge is 2.28. The van der Waals surface area contributed by atoms with E-state index in [2.05, 4.69) is 18.7 Å². The maximum Gasteiger partial charge on any atom is 0.0819 e. The molecule has 1 fully saturated rings. The Kier molecular flexibility index (Phi) is 2.30. The zero-order valence-electron chi connectivity index (χ0n) is 6.80. The average molecular weight is 140 g/mol. The van der Waals surface area contributed by atoms with Crippen LogP contribution >= 0.6 is 0 Å². The third-order valence-corrected chi connectivity index (χ3v) is 2.35. The van der Waals surface area contributed by atoms with E-state index in [4.69, 9.17) is 5.41 Å². The van der Waals surface area contributed by atoms with Gasteiger partial charge in [0, 0.05) is 12.6 Å². The molecule has 0 spiro atoms. The summed E-state index contributed by atoms with van der Waals surface area (Å²) in [6.45, 7) is 5.36. The lowest BCUT2D eigenvalue weighted by atomic mass is 9.81. The number of hydrogen-bond acceptors (Lipinski definition) is 1. The summed E-state index contributed by atoms with van der Waals surface area (Å²) in [6.07, 6.45) is 4.03. The fourth-order valence-corrected chi connectivity index (χ4v) is 1.59. The molecule has 0 amide bonds. The van der Waals surface area contributed by atoms with Crippen molar-refractivity contribution in [3.05, 3.63) is 0 Å². The van der Waals surface area contributed by atoms with Crippen LogP contribution in [0.25, 0.3) is 0 Å². The Morgan fingerprint density at radius 2 is 2.20 bits per heavy atom. The van der Waals surface area contributed by atoms with Crippen LogP contribution in [0.2, 0.25) is 0 Å². The van der Waals surface area contributed by atoms with Crippen molar-refractivity contribution in [1.82, 2.24) is 4.90 Å². The molecule has 1 saturated carbocycles. The highest BCUT2D eigenvalue weighted by Crippen LogP contribution is 2.29. The number of nitrogens with zero attached hydrogens (tertiary/aromatic N) is 1. The van der Waals surface area contributed by atoms with Crippen molar-refractivity contribution < 1.29 is 0 Å². The summed E-state index contributed by atoms with van der Waals surface area (Å²) in [5.74, 6) is 0.888. The van der Waals surface area contributed by atoms with Crippen LogP contribution in [-0.2, 0) is 0 Å². The Labute approximate surface area is 62.7 Å². The van der Waals surface area contributed by atoms with Crippen molar-refractivity contribution in [2.24, 2.45) is 5.92 Å². The summed E-state index contributed by atoms with van der Waals surface area (Å²) in [7, 11) is 0. The van der Waals surface area contributed by atoms with Crippen molar-refractivity contribution in [1.29, 1.82) is 5.41 Å². The van der Waals surface area contributed by atoms with Crippen molar-refractivity contribution >= 4 is 6.34 Å². The first kappa shape index (κ1) is 7.58. The maximum atomic E-state index is 7.09. The van der Waals surface area contributed by atoms with Crippen LogP contribution in [0.4, 0.5) is 0 Å². The smallest absolute Gasteiger partial charge is 0.0819 e. The zero-order valence-corrected chi connectivity index (χ0v) is 6.80. The molecule has 0 atom stereocenters. The van der Waals surface area contributed by atoms with Crippen molar-refractivity contribution in [2.75, 3.05) is 6.54 Å². The molecule has 58 valence electrons. The van der Waals surface area contributed by atoms with E-state index in [0.29, 0.717) is 6.04 Å².